The SMILES string of the molecule is CCCc1ccc(OCC(=O)N(c2ccccc2)S(=O)(=O)c2ccccc2)cc1. The Kier molecular flexibility index (Phi) is 6.67. The van der Waals surface area contributed by atoms with Crippen molar-refractivity contribution in [2.75, 3.05) is 10.9 Å². The summed E-state index contributed by atoms with van der Waals surface area (Å²) in [5.41, 5.74) is 1.45. The number of amides is 1. The lowest BCUT2D eigenvalue weighted by Gasteiger charge is -2.22. The van der Waals surface area contributed by atoms with Gasteiger partial charge in [0.05, 0.1) is 10.6 Å². The van der Waals surface area contributed by atoms with Gasteiger partial charge in [-0.25, -0.2) is 8.42 Å². The zero-order valence-corrected chi connectivity index (χ0v) is 17.0. The smallest absolute Gasteiger partial charge is 0.278 e. The van der Waals surface area contributed by atoms with Crippen LogP contribution < -0.4 is 9.04 Å². The number of nitrogens with zero attached hydrogens (tertiary/aromatic N) is 1. The van der Waals surface area contributed by atoms with E-state index in [1.54, 1.807) is 60.7 Å². The summed E-state index contributed by atoms with van der Waals surface area (Å²) in [6, 6.07) is 23.6. The zero-order chi connectivity index (χ0) is 20.7. The number of benzene rings is 3. The number of sulfonamides is 1. The van der Waals surface area contributed by atoms with Crippen molar-refractivity contribution in [2.45, 2.75) is 24.7 Å². The molecule has 0 heterocycles. The van der Waals surface area contributed by atoms with Gasteiger partial charge >= 0.3 is 0 Å². The lowest BCUT2D eigenvalue weighted by molar-refractivity contribution is -0.119. The fourth-order valence-electron chi connectivity index (χ4n) is 2.92. The predicted molar refractivity (Wildman–Crippen MR) is 113 cm³/mol. The molecular weight excluding hydrogens is 386 g/mol. The number of hydrogen-bond acceptors (Lipinski definition) is 4. The number of hydrogen-bond donors (Lipinski definition) is 0. The van der Waals surface area contributed by atoms with Crippen LogP contribution in [0.15, 0.2) is 89.8 Å². The summed E-state index contributed by atoms with van der Waals surface area (Å²) in [5, 5.41) is 0. The van der Waals surface area contributed by atoms with Crippen LogP contribution in [0.5, 0.6) is 5.75 Å². The van der Waals surface area contributed by atoms with Crippen LogP contribution >= 0.6 is 0 Å². The Labute approximate surface area is 171 Å². The maximum absolute atomic E-state index is 13.2. The van der Waals surface area contributed by atoms with E-state index in [-0.39, 0.29) is 10.6 Å². The van der Waals surface area contributed by atoms with Crippen LogP contribution in [0.25, 0.3) is 0 Å². The van der Waals surface area contributed by atoms with Crippen molar-refractivity contribution < 1.29 is 17.9 Å². The van der Waals surface area contributed by atoms with E-state index in [2.05, 4.69) is 6.92 Å². The number of carbonyl (C=O) groups excluding carboxylic acids is 1. The Hall–Kier alpha value is -3.12. The molecule has 3 rings (SSSR count). The van der Waals surface area contributed by atoms with Crippen molar-refractivity contribution >= 4 is 21.6 Å². The monoisotopic (exact) mass is 409 g/mol. The minimum atomic E-state index is -4.07. The highest BCUT2D eigenvalue weighted by Crippen LogP contribution is 2.24. The molecule has 0 aliphatic heterocycles. The van der Waals surface area contributed by atoms with Crippen molar-refractivity contribution in [3.05, 3.63) is 90.5 Å². The topological polar surface area (TPSA) is 63.7 Å². The van der Waals surface area contributed by atoms with Crippen LogP contribution in [0.4, 0.5) is 5.69 Å². The molecule has 0 aliphatic carbocycles. The summed E-state index contributed by atoms with van der Waals surface area (Å²) in [7, 11) is -4.07. The number of ether oxygens (including phenoxy) is 1. The second-order valence-corrected chi connectivity index (χ2v) is 8.28. The molecule has 0 spiro atoms. The van der Waals surface area contributed by atoms with Gasteiger partial charge in [-0.1, -0.05) is 61.9 Å². The van der Waals surface area contributed by atoms with E-state index in [0.717, 1.165) is 17.1 Å². The minimum absolute atomic E-state index is 0.0427. The predicted octanol–water partition coefficient (Wildman–Crippen LogP) is 4.44. The Morgan fingerprint density at radius 3 is 2.03 bits per heavy atom. The molecule has 0 radical (unpaired) electrons. The molecule has 5 nitrogen and oxygen atoms in total. The number of rotatable bonds is 8. The second-order valence-electron chi connectivity index (χ2n) is 6.49. The average Bonchev–Trinajstić information content (AvgIpc) is 2.75. The largest absolute Gasteiger partial charge is 0.484 e. The van der Waals surface area contributed by atoms with Crippen LogP contribution in [0.3, 0.4) is 0 Å². The summed E-state index contributed by atoms with van der Waals surface area (Å²) in [4.78, 5) is 13.0. The Balaban J connectivity index is 1.84. The minimum Gasteiger partial charge on any atom is -0.484 e. The highest BCUT2D eigenvalue weighted by atomic mass is 32.2. The van der Waals surface area contributed by atoms with Crippen molar-refractivity contribution in [2.24, 2.45) is 0 Å². The van der Waals surface area contributed by atoms with E-state index in [4.69, 9.17) is 4.74 Å². The first kappa shape index (κ1) is 20.6. The fourth-order valence-corrected chi connectivity index (χ4v) is 4.35. The van der Waals surface area contributed by atoms with Crippen LogP contribution in [0.1, 0.15) is 18.9 Å². The van der Waals surface area contributed by atoms with Crippen molar-refractivity contribution in [1.82, 2.24) is 0 Å². The maximum Gasteiger partial charge on any atom is 0.278 e. The highest BCUT2D eigenvalue weighted by molar-refractivity contribution is 7.93. The first-order valence-corrected chi connectivity index (χ1v) is 10.9. The standard InChI is InChI=1S/C23H23NO4S/c1-2-9-19-14-16-21(17-15-19)28-18-23(25)24(20-10-5-3-6-11-20)29(26,27)22-12-7-4-8-13-22/h3-8,10-17H,2,9,18H2,1H3. The summed E-state index contributed by atoms with van der Waals surface area (Å²) >= 11 is 0. The van der Waals surface area contributed by atoms with E-state index >= 15 is 0 Å². The lowest BCUT2D eigenvalue weighted by atomic mass is 10.1. The number of carbonyl (C=O) groups is 1. The van der Waals surface area contributed by atoms with Crippen molar-refractivity contribution in [3.8, 4) is 5.75 Å². The molecule has 29 heavy (non-hydrogen) atoms. The molecular formula is C23H23NO4S. The third kappa shape index (κ3) is 5.03. The summed E-state index contributed by atoms with van der Waals surface area (Å²) in [6.07, 6.45) is 2.01. The quantitative estimate of drug-likeness (QED) is 0.552. The Morgan fingerprint density at radius 2 is 1.45 bits per heavy atom. The van der Waals surface area contributed by atoms with Gasteiger partial charge < -0.3 is 4.74 Å². The molecule has 0 unspecified atom stereocenters. The molecule has 150 valence electrons. The van der Waals surface area contributed by atoms with Gasteiger partial charge in [-0.2, -0.15) is 4.31 Å². The molecule has 3 aromatic carbocycles. The average molecular weight is 410 g/mol. The van der Waals surface area contributed by atoms with E-state index in [1.807, 2.05) is 12.1 Å². The molecule has 0 fully saturated rings. The number of para-hydroxylation sites is 1. The lowest BCUT2D eigenvalue weighted by Crippen LogP contribution is -2.40. The molecule has 0 atom stereocenters. The van der Waals surface area contributed by atoms with Gasteiger partial charge in [-0.05, 0) is 48.4 Å². The van der Waals surface area contributed by atoms with Crippen LogP contribution in [-0.4, -0.2) is 20.9 Å². The third-order valence-electron chi connectivity index (χ3n) is 4.32. The fraction of sp³-hybridized carbons (Fsp3) is 0.174. The summed E-state index contributed by atoms with van der Waals surface area (Å²) < 4.78 is 32.7. The van der Waals surface area contributed by atoms with Gasteiger partial charge in [0.2, 0.25) is 0 Å². The number of anilines is 1. The summed E-state index contributed by atoms with van der Waals surface area (Å²) in [5.74, 6) is -0.152. The number of aryl methyl sites for hydroxylation is 1. The molecule has 6 heteroatoms. The van der Waals surface area contributed by atoms with Gasteiger partial charge in [0.25, 0.3) is 15.9 Å². The zero-order valence-electron chi connectivity index (χ0n) is 16.2. The van der Waals surface area contributed by atoms with Gasteiger partial charge in [0.15, 0.2) is 6.61 Å². The van der Waals surface area contributed by atoms with Gasteiger partial charge in [0, 0.05) is 0 Å². The van der Waals surface area contributed by atoms with E-state index in [0.29, 0.717) is 5.75 Å². The van der Waals surface area contributed by atoms with Gasteiger partial charge in [0.1, 0.15) is 5.75 Å². The Morgan fingerprint density at radius 1 is 0.862 bits per heavy atom. The molecule has 0 bridgehead atoms. The highest BCUT2D eigenvalue weighted by Gasteiger charge is 2.31. The molecule has 1 amide bonds. The first-order valence-electron chi connectivity index (χ1n) is 9.42. The van der Waals surface area contributed by atoms with Crippen LogP contribution in [0, 0.1) is 0 Å². The molecule has 3 aromatic rings. The third-order valence-corrected chi connectivity index (χ3v) is 6.09. The van der Waals surface area contributed by atoms with Crippen molar-refractivity contribution in [3.63, 3.8) is 0 Å². The molecule has 0 saturated heterocycles. The summed E-state index contributed by atoms with van der Waals surface area (Å²) in [6.45, 7) is 1.71. The second kappa shape index (κ2) is 9.39. The van der Waals surface area contributed by atoms with Gasteiger partial charge in [-0.15, -0.1) is 0 Å². The first-order chi connectivity index (χ1) is 14.0. The van der Waals surface area contributed by atoms with Crippen molar-refractivity contribution in [1.29, 1.82) is 0 Å². The molecule has 0 saturated carbocycles. The van der Waals surface area contributed by atoms with Crippen LogP contribution in [-0.2, 0) is 21.2 Å². The van der Waals surface area contributed by atoms with E-state index in [1.165, 1.54) is 17.7 Å². The molecule has 0 N–H and O–H groups in total. The Bertz CT molecular complexity index is 1030. The normalized spacial score (nSPS) is 11.1. The molecule has 0 aromatic heterocycles. The van der Waals surface area contributed by atoms with Gasteiger partial charge in [-0.3, -0.25) is 4.79 Å². The van der Waals surface area contributed by atoms with E-state index < -0.39 is 22.5 Å². The van der Waals surface area contributed by atoms with E-state index in [9.17, 15) is 13.2 Å². The van der Waals surface area contributed by atoms with Crippen LogP contribution in [0.2, 0.25) is 0 Å². The maximum atomic E-state index is 13.2. The molecule has 0 aliphatic rings.